The molecule has 0 spiro atoms. The van der Waals surface area contributed by atoms with Gasteiger partial charge < -0.3 is 31.7 Å². The van der Waals surface area contributed by atoms with Crippen molar-refractivity contribution < 1.29 is 19.6 Å². The van der Waals surface area contributed by atoms with Crippen molar-refractivity contribution in [2.24, 2.45) is 16.6 Å². The van der Waals surface area contributed by atoms with Crippen molar-refractivity contribution in [2.75, 3.05) is 13.6 Å². The third-order valence-electron chi connectivity index (χ3n) is 5.29. The van der Waals surface area contributed by atoms with Crippen molar-refractivity contribution in [3.8, 4) is 0 Å². The molecule has 33 heavy (non-hydrogen) atoms. The molecule has 0 bridgehead atoms. The largest absolute Gasteiger partial charge is 0.475 e. The van der Waals surface area contributed by atoms with Gasteiger partial charge in [0.15, 0.2) is 5.96 Å². The molecule has 2 atom stereocenters. The number of guanidine groups is 1. The number of benzene rings is 1. The highest BCUT2D eigenvalue weighted by Gasteiger charge is 2.29. The van der Waals surface area contributed by atoms with Crippen LogP contribution in [0.25, 0.3) is 0 Å². The monoisotopic (exact) mass is 461 g/mol. The van der Waals surface area contributed by atoms with Crippen molar-refractivity contribution in [1.82, 2.24) is 16.0 Å². The van der Waals surface area contributed by atoms with Gasteiger partial charge in [0, 0.05) is 19.2 Å². The van der Waals surface area contributed by atoms with E-state index in [1.54, 1.807) is 19.2 Å². The highest BCUT2D eigenvalue weighted by Crippen LogP contribution is 2.10. The van der Waals surface area contributed by atoms with Gasteiger partial charge in [0.1, 0.15) is 6.04 Å². The maximum Gasteiger partial charge on any atom is 0.475 e. The first-order valence-corrected chi connectivity index (χ1v) is 11.7. The van der Waals surface area contributed by atoms with E-state index in [2.05, 4.69) is 27.9 Å². The second-order valence-corrected chi connectivity index (χ2v) is 8.66. The summed E-state index contributed by atoms with van der Waals surface area (Å²) in [6.45, 7) is 6.47. The zero-order valence-electron chi connectivity index (χ0n) is 20.3. The summed E-state index contributed by atoms with van der Waals surface area (Å²) in [4.78, 5) is 29.6. The second-order valence-electron chi connectivity index (χ2n) is 8.66. The number of rotatable bonds is 14. The molecule has 0 aliphatic heterocycles. The van der Waals surface area contributed by atoms with E-state index in [0.717, 1.165) is 24.8 Å². The average Bonchev–Trinajstić information content (AvgIpc) is 2.78. The minimum Gasteiger partial charge on any atom is -0.426 e. The number of carbonyl (C=O) groups is 2. The van der Waals surface area contributed by atoms with Crippen LogP contribution in [0.4, 0.5) is 0 Å². The van der Waals surface area contributed by atoms with Gasteiger partial charge in [-0.25, -0.2) is 0 Å². The standard InChI is InChI=1S/C23H40BN5O4/c1-5-6-8-17-10-12-18(13-11-17)21(30)28-19(9-7-14-27-23(25)26-4)22(31)29-20(24(32)33)15-16(2)3/h10-13,16,19-20,32-33H,5-9,14-15H2,1-4H3,(H,28,30)(H,29,31)(H3,25,26,27)/t19-,20-/m0/s1. The molecule has 7 N–H and O–H groups in total. The van der Waals surface area contributed by atoms with Crippen molar-refractivity contribution in [1.29, 1.82) is 0 Å². The molecule has 0 aliphatic carbocycles. The molecule has 0 fully saturated rings. The summed E-state index contributed by atoms with van der Waals surface area (Å²) in [6, 6.07) is 6.53. The SMILES string of the molecule is CCCCc1ccc(C(=O)N[C@@H](CCCNC(N)=NC)C(=O)N[C@@H](CC(C)C)B(O)O)cc1. The number of amides is 2. The molecule has 0 saturated carbocycles. The molecule has 9 nitrogen and oxygen atoms in total. The van der Waals surface area contributed by atoms with Crippen molar-refractivity contribution in [3.05, 3.63) is 35.4 Å². The Morgan fingerprint density at radius 3 is 2.33 bits per heavy atom. The van der Waals surface area contributed by atoms with Gasteiger partial charge in [0.25, 0.3) is 5.91 Å². The lowest BCUT2D eigenvalue weighted by Gasteiger charge is -2.24. The summed E-state index contributed by atoms with van der Waals surface area (Å²) in [7, 11) is -0.118. The van der Waals surface area contributed by atoms with Crippen LogP contribution >= 0.6 is 0 Å². The molecule has 0 saturated heterocycles. The molecule has 0 radical (unpaired) electrons. The maximum absolute atomic E-state index is 12.9. The summed E-state index contributed by atoms with van der Waals surface area (Å²) in [5.41, 5.74) is 7.26. The Balaban J connectivity index is 2.87. The second kappa shape index (κ2) is 15.3. The van der Waals surface area contributed by atoms with Crippen LogP contribution in [0.2, 0.25) is 0 Å². The topological polar surface area (TPSA) is 149 Å². The lowest BCUT2D eigenvalue weighted by molar-refractivity contribution is -0.123. The lowest BCUT2D eigenvalue weighted by Crippen LogP contribution is -2.54. The van der Waals surface area contributed by atoms with Gasteiger partial charge in [-0.15, -0.1) is 0 Å². The minimum absolute atomic E-state index is 0.150. The summed E-state index contributed by atoms with van der Waals surface area (Å²) in [5.74, 6) is -1.19. The van der Waals surface area contributed by atoms with Gasteiger partial charge in [0.2, 0.25) is 5.91 Å². The molecule has 1 aromatic rings. The number of unbranched alkanes of at least 4 members (excludes halogenated alkanes) is 1. The Labute approximate surface area is 197 Å². The van der Waals surface area contributed by atoms with Crippen LogP contribution in [0.5, 0.6) is 0 Å². The van der Waals surface area contributed by atoms with Crippen LogP contribution in [-0.2, 0) is 11.2 Å². The fourth-order valence-electron chi connectivity index (χ4n) is 3.36. The normalized spacial score (nSPS) is 13.4. The molecule has 0 heterocycles. The highest BCUT2D eigenvalue weighted by atomic mass is 16.4. The molecule has 184 valence electrons. The molecule has 10 heteroatoms. The number of hydrogen-bond donors (Lipinski definition) is 6. The average molecular weight is 461 g/mol. The summed E-state index contributed by atoms with van der Waals surface area (Å²) >= 11 is 0. The molecule has 2 amide bonds. The molecule has 0 unspecified atom stereocenters. The first kappa shape index (κ1) is 28.4. The van der Waals surface area contributed by atoms with E-state index in [1.165, 1.54) is 0 Å². The number of nitrogens with one attached hydrogen (secondary N) is 3. The van der Waals surface area contributed by atoms with Crippen LogP contribution in [0.3, 0.4) is 0 Å². The smallest absolute Gasteiger partial charge is 0.426 e. The Kier molecular flexibility index (Phi) is 13.2. The number of aryl methyl sites for hydroxylation is 1. The van der Waals surface area contributed by atoms with Gasteiger partial charge >= 0.3 is 7.12 Å². The van der Waals surface area contributed by atoms with Crippen LogP contribution in [0, 0.1) is 5.92 Å². The molecular weight excluding hydrogens is 421 g/mol. The van der Waals surface area contributed by atoms with Crippen LogP contribution in [0.1, 0.15) is 68.8 Å². The Hall–Kier alpha value is -2.59. The number of nitrogens with zero attached hydrogens (tertiary/aromatic N) is 1. The number of aliphatic imine (C=N–C) groups is 1. The van der Waals surface area contributed by atoms with Gasteiger partial charge in [-0.05, 0) is 55.7 Å². The number of hydrogen-bond acceptors (Lipinski definition) is 5. The fraction of sp³-hybridized carbons (Fsp3) is 0.609. The quantitative estimate of drug-likeness (QED) is 0.105. The molecule has 1 aromatic carbocycles. The predicted octanol–water partition coefficient (Wildman–Crippen LogP) is 0.985. The fourth-order valence-corrected chi connectivity index (χ4v) is 3.36. The van der Waals surface area contributed by atoms with E-state index in [9.17, 15) is 19.6 Å². The van der Waals surface area contributed by atoms with Crippen molar-refractivity contribution in [3.63, 3.8) is 0 Å². The van der Waals surface area contributed by atoms with Crippen LogP contribution < -0.4 is 21.7 Å². The molecule has 0 aliphatic rings. The highest BCUT2D eigenvalue weighted by molar-refractivity contribution is 6.43. The lowest BCUT2D eigenvalue weighted by atomic mass is 9.75. The van der Waals surface area contributed by atoms with E-state index in [1.807, 2.05) is 26.0 Å². The van der Waals surface area contributed by atoms with E-state index in [4.69, 9.17) is 5.73 Å². The molecular formula is C23H40BN5O4. The van der Waals surface area contributed by atoms with Gasteiger partial charge in [-0.1, -0.05) is 39.3 Å². The first-order chi connectivity index (χ1) is 15.7. The third-order valence-corrected chi connectivity index (χ3v) is 5.29. The predicted molar refractivity (Wildman–Crippen MR) is 133 cm³/mol. The zero-order valence-corrected chi connectivity index (χ0v) is 20.3. The van der Waals surface area contributed by atoms with E-state index in [0.29, 0.717) is 37.3 Å². The zero-order chi connectivity index (χ0) is 24.8. The van der Waals surface area contributed by atoms with Gasteiger partial charge in [0.05, 0.1) is 5.94 Å². The maximum atomic E-state index is 12.9. The van der Waals surface area contributed by atoms with Crippen LogP contribution in [0.15, 0.2) is 29.3 Å². The van der Waals surface area contributed by atoms with Crippen molar-refractivity contribution in [2.45, 2.75) is 71.3 Å². The summed E-state index contributed by atoms with van der Waals surface area (Å²) in [6.07, 6.45) is 4.43. The van der Waals surface area contributed by atoms with Gasteiger partial charge in [-0.2, -0.15) is 0 Å². The van der Waals surface area contributed by atoms with Crippen molar-refractivity contribution >= 4 is 24.9 Å². The van der Waals surface area contributed by atoms with Gasteiger partial charge in [-0.3, -0.25) is 14.6 Å². The number of nitrogens with two attached hydrogens (primary N) is 1. The van der Waals surface area contributed by atoms with Crippen LogP contribution in [-0.4, -0.2) is 60.5 Å². The third kappa shape index (κ3) is 11.2. The Morgan fingerprint density at radius 2 is 1.79 bits per heavy atom. The minimum atomic E-state index is -1.69. The van der Waals surface area contributed by atoms with E-state index < -0.39 is 25.0 Å². The molecule has 1 rings (SSSR count). The summed E-state index contributed by atoms with van der Waals surface area (Å²) in [5, 5.41) is 27.7. The molecule has 0 aromatic heterocycles. The first-order valence-electron chi connectivity index (χ1n) is 11.7. The Bertz CT molecular complexity index is 756. The number of carbonyl (C=O) groups excluding carboxylic acids is 2. The Morgan fingerprint density at radius 1 is 1.12 bits per heavy atom. The van der Waals surface area contributed by atoms with E-state index >= 15 is 0 Å². The summed E-state index contributed by atoms with van der Waals surface area (Å²) < 4.78 is 0. The van der Waals surface area contributed by atoms with E-state index in [-0.39, 0.29) is 11.8 Å².